The molecular weight excluding hydrogens is 220 g/mol. The number of hydroxylamine groups is 2. The largest absolute Gasteiger partial charge is 0.298 e. The van der Waals surface area contributed by atoms with E-state index in [-0.39, 0.29) is 16.9 Å². The Morgan fingerprint density at radius 1 is 1.24 bits per heavy atom. The molecule has 0 saturated carbocycles. The van der Waals surface area contributed by atoms with E-state index in [1.54, 1.807) is 0 Å². The standard InChI is InChI=1S/C12H20N2O3/c1-7(2)5-9-11(15)14(17)12(16)10(13-9)6-8(3)4/h7-9,17H,5-6H2,1-4H3. The second kappa shape index (κ2) is 5.40. The van der Waals surface area contributed by atoms with Crippen LogP contribution in [0.5, 0.6) is 0 Å². The van der Waals surface area contributed by atoms with E-state index in [1.807, 2.05) is 27.7 Å². The van der Waals surface area contributed by atoms with Gasteiger partial charge in [0.1, 0.15) is 11.8 Å². The molecule has 0 bridgehead atoms. The minimum absolute atomic E-state index is 0.220. The van der Waals surface area contributed by atoms with Crippen LogP contribution < -0.4 is 0 Å². The minimum atomic E-state index is -0.677. The molecule has 0 spiro atoms. The molecule has 0 aliphatic carbocycles. The first-order chi connectivity index (χ1) is 7.82. The summed E-state index contributed by atoms with van der Waals surface area (Å²) in [6.07, 6.45) is 1.03. The summed E-state index contributed by atoms with van der Waals surface area (Å²) in [6.45, 7) is 7.88. The van der Waals surface area contributed by atoms with Crippen LogP contribution in [0, 0.1) is 11.8 Å². The van der Waals surface area contributed by atoms with Gasteiger partial charge in [0.15, 0.2) is 0 Å². The van der Waals surface area contributed by atoms with Crippen LogP contribution in [0.15, 0.2) is 4.99 Å². The third-order valence-electron chi connectivity index (χ3n) is 2.54. The second-order valence-electron chi connectivity index (χ2n) is 5.27. The van der Waals surface area contributed by atoms with Crippen molar-refractivity contribution < 1.29 is 14.8 Å². The SMILES string of the molecule is CC(C)CC1=NC(CC(C)C)C(=O)N(O)C1=O. The highest BCUT2D eigenvalue weighted by molar-refractivity contribution is 6.42. The second-order valence-corrected chi connectivity index (χ2v) is 5.27. The normalized spacial score (nSPS) is 21.5. The van der Waals surface area contributed by atoms with Gasteiger partial charge in [0.05, 0.1) is 0 Å². The number of imide groups is 1. The number of hydrogen-bond donors (Lipinski definition) is 1. The van der Waals surface area contributed by atoms with Crippen molar-refractivity contribution in [1.82, 2.24) is 5.06 Å². The molecule has 0 saturated heterocycles. The molecule has 0 aromatic carbocycles. The first-order valence-corrected chi connectivity index (χ1v) is 5.96. The van der Waals surface area contributed by atoms with Gasteiger partial charge in [-0.25, -0.2) is 0 Å². The van der Waals surface area contributed by atoms with Crippen LogP contribution in [0.25, 0.3) is 0 Å². The van der Waals surface area contributed by atoms with Gasteiger partial charge in [0.2, 0.25) is 0 Å². The van der Waals surface area contributed by atoms with Crippen molar-refractivity contribution in [2.45, 2.75) is 46.6 Å². The van der Waals surface area contributed by atoms with Crippen molar-refractivity contribution in [3.8, 4) is 0 Å². The summed E-state index contributed by atoms with van der Waals surface area (Å²) >= 11 is 0. The lowest BCUT2D eigenvalue weighted by Crippen LogP contribution is -2.49. The summed E-state index contributed by atoms with van der Waals surface area (Å²) in [5.41, 5.74) is 0.299. The van der Waals surface area contributed by atoms with Gasteiger partial charge in [-0.15, -0.1) is 5.06 Å². The van der Waals surface area contributed by atoms with Gasteiger partial charge in [0.25, 0.3) is 11.8 Å². The fourth-order valence-corrected chi connectivity index (χ4v) is 1.79. The summed E-state index contributed by atoms with van der Waals surface area (Å²) in [6, 6.07) is -0.619. The van der Waals surface area contributed by atoms with Crippen molar-refractivity contribution >= 4 is 17.5 Å². The molecule has 0 aromatic rings. The third kappa shape index (κ3) is 3.36. The highest BCUT2D eigenvalue weighted by Crippen LogP contribution is 2.18. The molecule has 1 aliphatic rings. The van der Waals surface area contributed by atoms with Gasteiger partial charge in [-0.05, 0) is 24.7 Å². The van der Waals surface area contributed by atoms with E-state index >= 15 is 0 Å². The maximum Gasteiger partial charge on any atom is 0.298 e. The Bertz CT molecular complexity index is 348. The lowest BCUT2D eigenvalue weighted by Gasteiger charge is -2.26. The zero-order chi connectivity index (χ0) is 13.2. The van der Waals surface area contributed by atoms with Gasteiger partial charge < -0.3 is 0 Å². The molecule has 5 heteroatoms. The van der Waals surface area contributed by atoms with E-state index in [2.05, 4.69) is 4.99 Å². The monoisotopic (exact) mass is 240 g/mol. The molecule has 17 heavy (non-hydrogen) atoms. The lowest BCUT2D eigenvalue weighted by molar-refractivity contribution is -0.176. The number of amides is 2. The fraction of sp³-hybridized carbons (Fsp3) is 0.750. The number of hydrogen-bond acceptors (Lipinski definition) is 4. The Labute approximate surface area is 101 Å². The molecule has 1 atom stereocenters. The molecule has 0 aromatic heterocycles. The minimum Gasteiger partial charge on any atom is -0.278 e. The van der Waals surface area contributed by atoms with Crippen LogP contribution in [0.4, 0.5) is 0 Å². The molecule has 5 nitrogen and oxygen atoms in total. The first kappa shape index (κ1) is 13.8. The van der Waals surface area contributed by atoms with Gasteiger partial charge >= 0.3 is 0 Å². The summed E-state index contributed by atoms with van der Waals surface area (Å²) in [5, 5.41) is 9.69. The molecule has 96 valence electrons. The van der Waals surface area contributed by atoms with Crippen molar-refractivity contribution in [2.24, 2.45) is 16.8 Å². The van der Waals surface area contributed by atoms with Crippen molar-refractivity contribution in [1.29, 1.82) is 0 Å². The topological polar surface area (TPSA) is 70.0 Å². The number of nitrogens with zero attached hydrogens (tertiary/aromatic N) is 2. The Kier molecular flexibility index (Phi) is 4.40. The summed E-state index contributed by atoms with van der Waals surface area (Å²) in [5.74, 6) is -0.742. The van der Waals surface area contributed by atoms with Crippen molar-refractivity contribution in [3.63, 3.8) is 0 Å². The van der Waals surface area contributed by atoms with Crippen LogP contribution in [-0.4, -0.2) is 33.8 Å². The average molecular weight is 240 g/mol. The summed E-state index contributed by atoms with van der Waals surface area (Å²) in [7, 11) is 0. The molecule has 0 radical (unpaired) electrons. The Morgan fingerprint density at radius 3 is 2.29 bits per heavy atom. The predicted molar refractivity (Wildman–Crippen MR) is 63.8 cm³/mol. The number of carbonyl (C=O) groups is 2. The highest BCUT2D eigenvalue weighted by atomic mass is 16.5. The maximum atomic E-state index is 11.7. The molecule has 1 aliphatic heterocycles. The molecule has 1 heterocycles. The molecule has 1 unspecified atom stereocenters. The van der Waals surface area contributed by atoms with E-state index in [9.17, 15) is 14.8 Å². The van der Waals surface area contributed by atoms with E-state index < -0.39 is 17.9 Å². The van der Waals surface area contributed by atoms with E-state index in [0.717, 1.165) is 0 Å². The molecule has 0 fully saturated rings. The molecule has 1 N–H and O–H groups in total. The number of rotatable bonds is 4. The maximum absolute atomic E-state index is 11.7. The van der Waals surface area contributed by atoms with E-state index in [1.165, 1.54) is 0 Å². The Balaban J connectivity index is 2.93. The predicted octanol–water partition coefficient (Wildman–Crippen LogP) is 1.65. The summed E-state index contributed by atoms with van der Waals surface area (Å²) < 4.78 is 0. The third-order valence-corrected chi connectivity index (χ3v) is 2.54. The average Bonchev–Trinajstić information content (AvgIpc) is 2.20. The first-order valence-electron chi connectivity index (χ1n) is 5.96. The van der Waals surface area contributed by atoms with Crippen LogP contribution >= 0.6 is 0 Å². The van der Waals surface area contributed by atoms with Gasteiger partial charge in [-0.3, -0.25) is 19.8 Å². The zero-order valence-corrected chi connectivity index (χ0v) is 10.8. The number of carbonyl (C=O) groups excluding carboxylic acids is 2. The van der Waals surface area contributed by atoms with Crippen molar-refractivity contribution in [2.75, 3.05) is 0 Å². The number of aliphatic imine (C=N–C) groups is 1. The molecule has 1 rings (SSSR count). The molecule has 2 amide bonds. The Morgan fingerprint density at radius 2 is 1.82 bits per heavy atom. The quantitative estimate of drug-likeness (QED) is 0.600. The van der Waals surface area contributed by atoms with Gasteiger partial charge in [-0.1, -0.05) is 27.7 Å². The highest BCUT2D eigenvalue weighted by Gasteiger charge is 2.36. The Hall–Kier alpha value is -1.23. The smallest absolute Gasteiger partial charge is 0.278 e. The van der Waals surface area contributed by atoms with Crippen LogP contribution in [-0.2, 0) is 9.59 Å². The van der Waals surface area contributed by atoms with Gasteiger partial charge in [-0.2, -0.15) is 0 Å². The van der Waals surface area contributed by atoms with Crippen LogP contribution in [0.1, 0.15) is 40.5 Å². The summed E-state index contributed by atoms with van der Waals surface area (Å²) in [4.78, 5) is 27.5. The fourth-order valence-electron chi connectivity index (χ4n) is 1.79. The van der Waals surface area contributed by atoms with Crippen LogP contribution in [0.2, 0.25) is 0 Å². The molecular formula is C12H20N2O3. The van der Waals surface area contributed by atoms with E-state index in [4.69, 9.17) is 0 Å². The van der Waals surface area contributed by atoms with Crippen LogP contribution in [0.3, 0.4) is 0 Å². The zero-order valence-electron chi connectivity index (χ0n) is 10.8. The van der Waals surface area contributed by atoms with Crippen molar-refractivity contribution in [3.05, 3.63) is 0 Å². The van der Waals surface area contributed by atoms with E-state index in [0.29, 0.717) is 18.6 Å². The van der Waals surface area contributed by atoms with Gasteiger partial charge in [0, 0.05) is 0 Å². The lowest BCUT2D eigenvalue weighted by atomic mass is 9.99.